The summed E-state index contributed by atoms with van der Waals surface area (Å²) in [4.78, 5) is 12.5. The molecule has 0 atom stereocenters. The van der Waals surface area contributed by atoms with Gasteiger partial charge in [-0.25, -0.2) is 0 Å². The lowest BCUT2D eigenvalue weighted by atomic mass is 10.0. The van der Waals surface area contributed by atoms with Crippen molar-refractivity contribution in [3.63, 3.8) is 0 Å². The Balaban J connectivity index is 3.33. The molecule has 1 rings (SSSR count). The first-order valence-electron chi connectivity index (χ1n) is 6.24. The predicted octanol–water partition coefficient (Wildman–Crippen LogP) is 2.51. The average molecular weight is 267 g/mol. The van der Waals surface area contributed by atoms with Crippen LogP contribution in [-0.2, 0) is 0 Å². The molecule has 6 nitrogen and oxygen atoms in total. The summed E-state index contributed by atoms with van der Waals surface area (Å²) in [7, 11) is 3.30. The number of nitrogens with two attached hydrogens (primary N) is 1. The van der Waals surface area contributed by atoms with Crippen molar-refractivity contribution >= 4 is 11.4 Å². The van der Waals surface area contributed by atoms with Crippen molar-refractivity contribution in [2.75, 3.05) is 19.1 Å². The topological polar surface area (TPSA) is 81.6 Å². The molecule has 0 heterocycles. The van der Waals surface area contributed by atoms with Crippen LogP contribution in [0.25, 0.3) is 0 Å². The summed E-state index contributed by atoms with van der Waals surface area (Å²) in [6.45, 7) is 3.93. The van der Waals surface area contributed by atoms with Crippen molar-refractivity contribution < 1.29 is 9.66 Å². The fraction of sp³-hybridized carbons (Fsp3) is 0.538. The number of nitro groups is 1. The molecule has 0 fully saturated rings. The lowest BCUT2D eigenvalue weighted by Gasteiger charge is -2.38. The van der Waals surface area contributed by atoms with Crippen molar-refractivity contribution in [2.45, 2.75) is 32.4 Å². The third kappa shape index (κ3) is 2.96. The molecule has 0 spiro atoms. The fourth-order valence-electron chi connectivity index (χ4n) is 2.02. The van der Waals surface area contributed by atoms with Crippen LogP contribution in [0.5, 0.6) is 5.75 Å². The largest absolute Gasteiger partial charge is 0.497 e. The quantitative estimate of drug-likeness (QED) is 0.486. The number of benzene rings is 1. The summed E-state index contributed by atoms with van der Waals surface area (Å²) in [5, 5.41) is 11.1. The van der Waals surface area contributed by atoms with Crippen molar-refractivity contribution in [2.24, 2.45) is 5.73 Å². The maximum atomic E-state index is 11.1. The van der Waals surface area contributed by atoms with E-state index in [9.17, 15) is 10.1 Å². The Morgan fingerprint density at radius 3 is 2.42 bits per heavy atom. The smallest absolute Gasteiger partial charge is 0.292 e. The van der Waals surface area contributed by atoms with Gasteiger partial charge in [0.2, 0.25) is 0 Å². The minimum atomic E-state index is -0.614. The third-order valence-electron chi connectivity index (χ3n) is 3.63. The molecule has 2 N–H and O–H groups in total. The van der Waals surface area contributed by atoms with Crippen LogP contribution in [0, 0.1) is 10.1 Å². The van der Waals surface area contributed by atoms with E-state index in [1.807, 2.05) is 13.8 Å². The van der Waals surface area contributed by atoms with E-state index < -0.39 is 10.6 Å². The van der Waals surface area contributed by atoms with Crippen molar-refractivity contribution in [1.82, 2.24) is 0 Å². The first kappa shape index (κ1) is 15.2. The van der Waals surface area contributed by atoms with Crippen LogP contribution in [0.15, 0.2) is 18.2 Å². The number of ether oxygens (including phenoxy) is 1. The summed E-state index contributed by atoms with van der Waals surface area (Å²) in [5.41, 5.74) is 6.18. The first-order chi connectivity index (χ1) is 8.89. The summed E-state index contributed by atoms with van der Waals surface area (Å²) in [6.07, 6.45) is 1.38. The van der Waals surface area contributed by atoms with E-state index in [4.69, 9.17) is 10.5 Å². The molecule has 0 saturated heterocycles. The molecule has 0 saturated carbocycles. The SMILES string of the molecule is CCC(N)(CC)N(C)c1cc(OC)ccc1[N+](=O)[O-]. The molecule has 19 heavy (non-hydrogen) atoms. The van der Waals surface area contributed by atoms with Gasteiger partial charge in [0, 0.05) is 19.2 Å². The zero-order valence-corrected chi connectivity index (χ0v) is 11.8. The third-order valence-corrected chi connectivity index (χ3v) is 3.63. The Bertz CT molecular complexity index is 458. The molecule has 0 amide bonds. The van der Waals surface area contributed by atoms with Crippen LogP contribution >= 0.6 is 0 Å². The number of nitro benzene ring substituents is 1. The van der Waals surface area contributed by atoms with Gasteiger partial charge in [-0.15, -0.1) is 0 Å². The standard InChI is InChI=1S/C13H21N3O3/c1-5-13(14,6-2)15(3)12-9-10(19-4)7-8-11(12)16(17)18/h7-9H,5-6,14H2,1-4H3. The van der Waals surface area contributed by atoms with E-state index in [1.165, 1.54) is 13.2 Å². The van der Waals surface area contributed by atoms with E-state index in [-0.39, 0.29) is 5.69 Å². The van der Waals surface area contributed by atoms with Gasteiger partial charge in [0.05, 0.1) is 17.7 Å². The Hall–Kier alpha value is -1.82. The van der Waals surface area contributed by atoms with E-state index >= 15 is 0 Å². The van der Waals surface area contributed by atoms with Gasteiger partial charge in [-0.1, -0.05) is 13.8 Å². The highest BCUT2D eigenvalue weighted by atomic mass is 16.6. The van der Waals surface area contributed by atoms with E-state index in [2.05, 4.69) is 0 Å². The Kier molecular flexibility index (Phi) is 4.72. The molecule has 0 aliphatic heterocycles. The van der Waals surface area contributed by atoms with Gasteiger partial charge in [-0.05, 0) is 18.9 Å². The van der Waals surface area contributed by atoms with Gasteiger partial charge in [-0.2, -0.15) is 0 Å². The number of hydrogen-bond acceptors (Lipinski definition) is 5. The zero-order valence-electron chi connectivity index (χ0n) is 11.8. The summed E-state index contributed by atoms with van der Waals surface area (Å²) < 4.78 is 5.13. The van der Waals surface area contributed by atoms with Crippen molar-refractivity contribution in [3.8, 4) is 5.75 Å². The van der Waals surface area contributed by atoms with Gasteiger partial charge < -0.3 is 15.4 Å². The van der Waals surface area contributed by atoms with Crippen LogP contribution in [0.3, 0.4) is 0 Å². The molecule has 1 aromatic rings. The van der Waals surface area contributed by atoms with Gasteiger partial charge in [-0.3, -0.25) is 10.1 Å². The predicted molar refractivity (Wildman–Crippen MR) is 75.6 cm³/mol. The Morgan fingerprint density at radius 1 is 1.42 bits per heavy atom. The Morgan fingerprint density at radius 2 is 2.00 bits per heavy atom. The van der Waals surface area contributed by atoms with E-state index in [0.717, 1.165) is 0 Å². The second kappa shape index (κ2) is 5.88. The molecule has 106 valence electrons. The molecular formula is C13H21N3O3. The second-order valence-corrected chi connectivity index (χ2v) is 4.48. The van der Waals surface area contributed by atoms with Gasteiger partial charge in [0.1, 0.15) is 11.4 Å². The van der Waals surface area contributed by atoms with E-state index in [0.29, 0.717) is 24.3 Å². The Labute approximate surface area is 113 Å². The highest BCUT2D eigenvalue weighted by Crippen LogP contribution is 2.35. The zero-order chi connectivity index (χ0) is 14.6. The summed E-state index contributed by atoms with van der Waals surface area (Å²) >= 11 is 0. The van der Waals surface area contributed by atoms with Gasteiger partial charge >= 0.3 is 0 Å². The minimum Gasteiger partial charge on any atom is -0.497 e. The van der Waals surface area contributed by atoms with Gasteiger partial charge in [0.25, 0.3) is 5.69 Å². The van der Waals surface area contributed by atoms with Gasteiger partial charge in [0.15, 0.2) is 0 Å². The maximum Gasteiger partial charge on any atom is 0.292 e. The molecular weight excluding hydrogens is 246 g/mol. The average Bonchev–Trinajstić information content (AvgIpc) is 2.44. The molecule has 0 aliphatic rings. The molecule has 6 heteroatoms. The van der Waals surface area contributed by atoms with Crippen molar-refractivity contribution in [1.29, 1.82) is 0 Å². The fourth-order valence-corrected chi connectivity index (χ4v) is 2.02. The van der Waals surface area contributed by atoms with Crippen LogP contribution in [0.2, 0.25) is 0 Å². The monoisotopic (exact) mass is 267 g/mol. The van der Waals surface area contributed by atoms with Crippen LogP contribution in [0.4, 0.5) is 11.4 Å². The minimum absolute atomic E-state index is 0.0278. The number of hydrogen-bond donors (Lipinski definition) is 1. The lowest BCUT2D eigenvalue weighted by Crippen LogP contribution is -2.53. The van der Waals surface area contributed by atoms with E-state index in [1.54, 1.807) is 24.1 Å². The molecule has 0 radical (unpaired) electrons. The molecule has 0 bridgehead atoms. The lowest BCUT2D eigenvalue weighted by molar-refractivity contribution is -0.384. The van der Waals surface area contributed by atoms with Crippen molar-refractivity contribution in [3.05, 3.63) is 28.3 Å². The molecule has 0 aromatic heterocycles. The first-order valence-corrected chi connectivity index (χ1v) is 6.24. The number of rotatable bonds is 6. The molecule has 1 aromatic carbocycles. The number of methoxy groups -OCH3 is 1. The van der Waals surface area contributed by atoms with Crippen LogP contribution < -0.4 is 15.4 Å². The highest BCUT2D eigenvalue weighted by Gasteiger charge is 2.30. The number of anilines is 1. The molecule has 0 unspecified atom stereocenters. The number of nitrogens with zero attached hydrogens (tertiary/aromatic N) is 2. The van der Waals surface area contributed by atoms with Crippen LogP contribution in [0.1, 0.15) is 26.7 Å². The molecule has 0 aliphatic carbocycles. The summed E-state index contributed by atoms with van der Waals surface area (Å²) in [5.74, 6) is 0.571. The van der Waals surface area contributed by atoms with Crippen LogP contribution in [-0.4, -0.2) is 24.7 Å². The highest BCUT2D eigenvalue weighted by molar-refractivity contribution is 5.66. The normalized spacial score (nSPS) is 11.2. The summed E-state index contributed by atoms with van der Waals surface area (Å²) in [6, 6.07) is 4.66. The maximum absolute atomic E-state index is 11.1. The second-order valence-electron chi connectivity index (χ2n) is 4.48.